The minimum Gasteiger partial charge on any atom is -0.495 e. The summed E-state index contributed by atoms with van der Waals surface area (Å²) in [7, 11) is -2.24. The number of rotatable bonds is 8. The van der Waals surface area contributed by atoms with Gasteiger partial charge >= 0.3 is 0 Å². The SMILES string of the molecule is C=CCSc1nc2ccccc2n1C(=O)C=Cc1ccc(OC)c(S(=O)(=O)N2CCCCC2)c1. The van der Waals surface area contributed by atoms with Gasteiger partial charge in [-0.05, 0) is 48.7 Å². The predicted molar refractivity (Wildman–Crippen MR) is 136 cm³/mol. The van der Waals surface area contributed by atoms with Crippen LogP contribution in [-0.4, -0.2) is 54.1 Å². The van der Waals surface area contributed by atoms with Gasteiger partial charge < -0.3 is 4.74 Å². The standard InChI is InChI=1S/C25H27N3O4S2/c1-3-17-33-25-26-20-9-5-6-10-21(20)28(25)24(29)14-12-19-11-13-22(32-2)23(18-19)34(30,31)27-15-7-4-8-16-27/h3,5-6,9-14,18H,1,4,7-8,15-17H2,2H3. The normalized spacial score (nSPS) is 15.1. The first-order valence-corrected chi connectivity index (χ1v) is 13.5. The van der Waals surface area contributed by atoms with Gasteiger partial charge in [0.1, 0.15) is 10.6 Å². The van der Waals surface area contributed by atoms with Crippen molar-refractivity contribution in [1.29, 1.82) is 0 Å². The molecular weight excluding hydrogens is 470 g/mol. The van der Waals surface area contributed by atoms with E-state index in [1.54, 1.807) is 34.9 Å². The van der Waals surface area contributed by atoms with Crippen molar-refractivity contribution in [2.24, 2.45) is 0 Å². The lowest BCUT2D eigenvalue weighted by Gasteiger charge is -2.26. The molecule has 0 aliphatic carbocycles. The number of nitrogens with zero attached hydrogens (tertiary/aromatic N) is 3. The zero-order chi connectivity index (χ0) is 24.1. The van der Waals surface area contributed by atoms with Crippen molar-refractivity contribution in [3.63, 3.8) is 0 Å². The molecule has 0 radical (unpaired) electrons. The number of sulfonamides is 1. The molecule has 178 valence electrons. The van der Waals surface area contributed by atoms with Crippen LogP contribution in [-0.2, 0) is 10.0 Å². The van der Waals surface area contributed by atoms with E-state index in [-0.39, 0.29) is 16.6 Å². The molecule has 1 aromatic heterocycles. The molecule has 0 atom stereocenters. The number of hydrogen-bond acceptors (Lipinski definition) is 6. The highest BCUT2D eigenvalue weighted by atomic mass is 32.2. The number of fused-ring (bicyclic) bond motifs is 1. The number of carbonyl (C=O) groups excluding carboxylic acids is 1. The van der Waals surface area contributed by atoms with Gasteiger partial charge in [-0.25, -0.2) is 13.4 Å². The fraction of sp³-hybridized carbons (Fsp3) is 0.280. The van der Waals surface area contributed by atoms with E-state index >= 15 is 0 Å². The smallest absolute Gasteiger partial charge is 0.257 e. The number of imidazole rings is 1. The number of hydrogen-bond donors (Lipinski definition) is 0. The van der Waals surface area contributed by atoms with Gasteiger partial charge in [-0.3, -0.25) is 9.36 Å². The van der Waals surface area contributed by atoms with Gasteiger partial charge in [0.25, 0.3) is 5.91 Å². The Labute approximate surface area is 204 Å². The van der Waals surface area contributed by atoms with Gasteiger partial charge in [0.05, 0.1) is 18.1 Å². The first kappa shape index (κ1) is 24.3. The minimum atomic E-state index is -3.69. The van der Waals surface area contributed by atoms with E-state index in [9.17, 15) is 13.2 Å². The van der Waals surface area contributed by atoms with Crippen LogP contribution in [0, 0.1) is 0 Å². The Hall–Kier alpha value is -2.88. The fourth-order valence-electron chi connectivity index (χ4n) is 3.93. The van der Waals surface area contributed by atoms with Gasteiger partial charge in [0.15, 0.2) is 5.16 Å². The Bertz CT molecular complexity index is 1340. The van der Waals surface area contributed by atoms with Crippen molar-refractivity contribution in [2.75, 3.05) is 26.0 Å². The van der Waals surface area contributed by atoms with Crippen LogP contribution in [0.1, 0.15) is 29.6 Å². The molecule has 1 aliphatic rings. The third-order valence-electron chi connectivity index (χ3n) is 5.62. The summed E-state index contributed by atoms with van der Waals surface area (Å²) in [4.78, 5) is 17.9. The van der Waals surface area contributed by atoms with E-state index in [1.165, 1.54) is 29.3 Å². The van der Waals surface area contributed by atoms with E-state index in [1.807, 2.05) is 24.3 Å². The zero-order valence-electron chi connectivity index (χ0n) is 19.0. The predicted octanol–water partition coefficient (Wildman–Crippen LogP) is 4.85. The van der Waals surface area contributed by atoms with Gasteiger partial charge in [0, 0.05) is 24.9 Å². The Morgan fingerprint density at radius 3 is 2.68 bits per heavy atom. The quantitative estimate of drug-likeness (QED) is 0.251. The number of methoxy groups -OCH3 is 1. The summed E-state index contributed by atoms with van der Waals surface area (Å²) in [5.41, 5.74) is 2.04. The van der Waals surface area contributed by atoms with Crippen LogP contribution in [0.15, 0.2) is 71.2 Å². The summed E-state index contributed by atoms with van der Waals surface area (Å²) < 4.78 is 34.9. The maximum atomic E-state index is 13.3. The third-order valence-corrected chi connectivity index (χ3v) is 8.47. The second-order valence-electron chi connectivity index (χ2n) is 7.86. The highest BCUT2D eigenvalue weighted by Crippen LogP contribution is 2.30. The second kappa shape index (κ2) is 10.6. The number of piperidine rings is 1. The molecule has 0 unspecified atom stereocenters. The topological polar surface area (TPSA) is 81.5 Å². The molecule has 2 heterocycles. The summed E-state index contributed by atoms with van der Waals surface area (Å²) in [6.07, 6.45) is 7.54. The maximum Gasteiger partial charge on any atom is 0.257 e. The molecule has 7 nitrogen and oxygen atoms in total. The molecule has 0 amide bonds. The maximum absolute atomic E-state index is 13.3. The van der Waals surface area contributed by atoms with Crippen LogP contribution in [0.2, 0.25) is 0 Å². The molecule has 1 aliphatic heterocycles. The summed E-state index contributed by atoms with van der Waals surface area (Å²) in [6, 6.07) is 12.4. The van der Waals surface area contributed by atoms with Crippen molar-refractivity contribution in [2.45, 2.75) is 29.3 Å². The Balaban J connectivity index is 1.66. The molecule has 34 heavy (non-hydrogen) atoms. The lowest BCUT2D eigenvalue weighted by Crippen LogP contribution is -2.35. The van der Waals surface area contributed by atoms with Crippen LogP contribution in [0.4, 0.5) is 0 Å². The molecule has 1 saturated heterocycles. The molecule has 0 bridgehead atoms. The molecule has 3 aromatic rings. The Morgan fingerprint density at radius 1 is 1.18 bits per heavy atom. The van der Waals surface area contributed by atoms with Crippen molar-refractivity contribution in [1.82, 2.24) is 13.9 Å². The van der Waals surface area contributed by atoms with Gasteiger partial charge in [-0.2, -0.15) is 4.31 Å². The van der Waals surface area contributed by atoms with Crippen LogP contribution in [0.25, 0.3) is 17.1 Å². The van der Waals surface area contributed by atoms with Gasteiger partial charge in [-0.1, -0.05) is 42.5 Å². The lowest BCUT2D eigenvalue weighted by atomic mass is 10.2. The molecule has 0 spiro atoms. The highest BCUT2D eigenvalue weighted by Gasteiger charge is 2.29. The first-order valence-electron chi connectivity index (χ1n) is 11.1. The van der Waals surface area contributed by atoms with Crippen LogP contribution < -0.4 is 4.74 Å². The average molecular weight is 498 g/mol. The first-order chi connectivity index (χ1) is 16.5. The monoisotopic (exact) mass is 497 g/mol. The van der Waals surface area contributed by atoms with Crippen LogP contribution >= 0.6 is 11.8 Å². The van der Waals surface area contributed by atoms with Crippen LogP contribution in [0.3, 0.4) is 0 Å². The summed E-state index contributed by atoms with van der Waals surface area (Å²) in [5, 5.41) is 0.582. The minimum absolute atomic E-state index is 0.113. The summed E-state index contributed by atoms with van der Waals surface area (Å²) >= 11 is 1.43. The van der Waals surface area contributed by atoms with Crippen LogP contribution in [0.5, 0.6) is 5.75 Å². The van der Waals surface area contributed by atoms with Crippen molar-refractivity contribution >= 4 is 44.8 Å². The molecule has 4 rings (SSSR count). The fourth-order valence-corrected chi connectivity index (χ4v) is 6.39. The van der Waals surface area contributed by atoms with E-state index in [2.05, 4.69) is 11.6 Å². The van der Waals surface area contributed by atoms with Crippen molar-refractivity contribution in [3.05, 3.63) is 66.8 Å². The zero-order valence-corrected chi connectivity index (χ0v) is 20.6. The average Bonchev–Trinajstić information content (AvgIpc) is 3.24. The number of benzene rings is 2. The Kier molecular flexibility index (Phi) is 7.55. The van der Waals surface area contributed by atoms with E-state index < -0.39 is 10.0 Å². The van der Waals surface area contributed by atoms with E-state index in [0.717, 1.165) is 24.8 Å². The molecule has 9 heteroatoms. The van der Waals surface area contributed by atoms with E-state index in [0.29, 0.717) is 35.1 Å². The molecule has 0 N–H and O–H groups in total. The third kappa shape index (κ3) is 4.96. The molecule has 1 fully saturated rings. The molecule has 2 aromatic carbocycles. The second-order valence-corrected chi connectivity index (χ2v) is 10.8. The van der Waals surface area contributed by atoms with Crippen molar-refractivity contribution < 1.29 is 17.9 Å². The highest BCUT2D eigenvalue weighted by molar-refractivity contribution is 7.99. The number of allylic oxidation sites excluding steroid dienone is 1. The van der Waals surface area contributed by atoms with Gasteiger partial charge in [0.2, 0.25) is 10.0 Å². The number of para-hydroxylation sites is 2. The largest absolute Gasteiger partial charge is 0.495 e. The number of aromatic nitrogens is 2. The number of thioether (sulfide) groups is 1. The van der Waals surface area contributed by atoms with Crippen molar-refractivity contribution in [3.8, 4) is 5.75 Å². The number of carbonyl (C=O) groups is 1. The summed E-state index contributed by atoms with van der Waals surface area (Å²) in [6.45, 7) is 4.74. The number of ether oxygens (including phenoxy) is 1. The molecular formula is C25H27N3O4S2. The lowest BCUT2D eigenvalue weighted by molar-refractivity contribution is 0.0965. The Morgan fingerprint density at radius 2 is 1.94 bits per heavy atom. The summed E-state index contributed by atoms with van der Waals surface area (Å²) in [5.74, 6) is 0.644. The van der Waals surface area contributed by atoms with E-state index in [4.69, 9.17) is 4.74 Å². The molecule has 0 saturated carbocycles. The van der Waals surface area contributed by atoms with Gasteiger partial charge in [-0.15, -0.1) is 6.58 Å².